The van der Waals surface area contributed by atoms with Crippen LogP contribution in [0.5, 0.6) is 5.75 Å². The molecule has 1 aliphatic rings. The van der Waals surface area contributed by atoms with Crippen molar-refractivity contribution in [3.05, 3.63) is 58.1 Å². The molecule has 2 aromatic rings. The van der Waals surface area contributed by atoms with Gasteiger partial charge in [0, 0.05) is 37.2 Å². The second-order valence-corrected chi connectivity index (χ2v) is 9.63. The molecule has 0 atom stereocenters. The fourth-order valence-electron chi connectivity index (χ4n) is 3.24. The van der Waals surface area contributed by atoms with E-state index in [9.17, 15) is 21.6 Å². The number of rotatable bonds is 5. The van der Waals surface area contributed by atoms with Crippen LogP contribution in [0.2, 0.25) is 0 Å². The van der Waals surface area contributed by atoms with Gasteiger partial charge < -0.3 is 4.74 Å². The lowest BCUT2D eigenvalue weighted by atomic mass is 10.1. The van der Waals surface area contributed by atoms with E-state index in [1.807, 2.05) is 25.1 Å². The Bertz CT molecular complexity index is 975. The first kappa shape index (κ1) is 22.1. The molecule has 1 aliphatic heterocycles. The molecule has 29 heavy (non-hydrogen) atoms. The summed E-state index contributed by atoms with van der Waals surface area (Å²) in [6, 6.07) is 11.6. The van der Waals surface area contributed by atoms with Crippen molar-refractivity contribution in [1.82, 2.24) is 9.21 Å². The van der Waals surface area contributed by atoms with Crippen LogP contribution in [0.1, 0.15) is 11.1 Å². The molecule has 0 spiro atoms. The minimum absolute atomic E-state index is 0.190. The molecule has 1 fully saturated rings. The van der Waals surface area contributed by atoms with Crippen molar-refractivity contribution < 1.29 is 26.3 Å². The summed E-state index contributed by atoms with van der Waals surface area (Å²) in [7, 11) is -4.12. The second-order valence-electron chi connectivity index (χ2n) is 6.81. The molecular formula is C19H20BrF3N2O3S. The summed E-state index contributed by atoms with van der Waals surface area (Å²) in [5, 5.41) is 0. The molecule has 0 unspecified atom stereocenters. The molecule has 0 aromatic heterocycles. The zero-order valence-corrected chi connectivity index (χ0v) is 18.0. The van der Waals surface area contributed by atoms with E-state index in [0.717, 1.165) is 23.3 Å². The molecule has 0 bridgehead atoms. The van der Waals surface area contributed by atoms with Gasteiger partial charge in [0.1, 0.15) is 4.90 Å². The highest BCUT2D eigenvalue weighted by Gasteiger charge is 2.36. The van der Waals surface area contributed by atoms with Gasteiger partial charge in [0.15, 0.2) is 5.75 Å². The summed E-state index contributed by atoms with van der Waals surface area (Å²) >= 11 is 3.05. The zero-order valence-electron chi connectivity index (χ0n) is 15.6. The Kier molecular flexibility index (Phi) is 6.57. The number of benzene rings is 2. The molecule has 0 N–H and O–H groups in total. The fourth-order valence-corrected chi connectivity index (χ4v) is 5.09. The van der Waals surface area contributed by atoms with Crippen LogP contribution in [0.15, 0.2) is 51.8 Å². The van der Waals surface area contributed by atoms with Crippen LogP contribution in [0.3, 0.4) is 0 Å². The predicted octanol–water partition coefficient (Wildman–Crippen LogP) is 4.16. The molecule has 0 saturated carbocycles. The smallest absolute Gasteiger partial charge is 0.404 e. The van der Waals surface area contributed by atoms with Gasteiger partial charge in [0.2, 0.25) is 10.0 Å². The van der Waals surface area contributed by atoms with E-state index >= 15 is 0 Å². The Morgan fingerprint density at radius 3 is 2.38 bits per heavy atom. The highest BCUT2D eigenvalue weighted by molar-refractivity contribution is 9.10. The monoisotopic (exact) mass is 492 g/mol. The lowest BCUT2D eigenvalue weighted by Crippen LogP contribution is -2.48. The molecule has 0 amide bonds. The fraction of sp³-hybridized carbons (Fsp3) is 0.368. The normalized spacial score (nSPS) is 16.7. The average Bonchev–Trinajstić information content (AvgIpc) is 2.60. The number of hydrogen-bond donors (Lipinski definition) is 0. The second kappa shape index (κ2) is 8.63. The summed E-state index contributed by atoms with van der Waals surface area (Å²) in [5.41, 5.74) is 2.28. The first-order valence-electron chi connectivity index (χ1n) is 8.88. The maximum Gasteiger partial charge on any atom is 0.573 e. The van der Waals surface area contributed by atoms with Crippen molar-refractivity contribution in [3.8, 4) is 5.75 Å². The Morgan fingerprint density at radius 1 is 1.07 bits per heavy atom. The van der Waals surface area contributed by atoms with Gasteiger partial charge in [-0.25, -0.2) is 8.42 Å². The van der Waals surface area contributed by atoms with Crippen molar-refractivity contribution in [2.45, 2.75) is 24.7 Å². The van der Waals surface area contributed by atoms with E-state index in [1.54, 1.807) is 0 Å². The topological polar surface area (TPSA) is 49.9 Å². The maximum atomic E-state index is 13.0. The molecule has 1 heterocycles. The SMILES string of the molecule is Cc1cccc(CN2CCN(S(=O)(=O)c3ccc(Br)cc3OC(F)(F)F)CC2)c1. The average molecular weight is 493 g/mol. The van der Waals surface area contributed by atoms with Gasteiger partial charge in [-0.1, -0.05) is 45.8 Å². The summed E-state index contributed by atoms with van der Waals surface area (Å²) in [6.07, 6.45) is -4.99. The van der Waals surface area contributed by atoms with Crippen LogP contribution in [0.25, 0.3) is 0 Å². The number of sulfonamides is 1. The quantitative estimate of drug-likeness (QED) is 0.628. The molecule has 1 saturated heterocycles. The lowest BCUT2D eigenvalue weighted by molar-refractivity contribution is -0.275. The Hall–Kier alpha value is -1.62. The van der Waals surface area contributed by atoms with Crippen LogP contribution in [0.4, 0.5) is 13.2 Å². The Morgan fingerprint density at radius 2 is 1.76 bits per heavy atom. The lowest BCUT2D eigenvalue weighted by Gasteiger charge is -2.34. The van der Waals surface area contributed by atoms with Gasteiger partial charge >= 0.3 is 6.36 Å². The number of piperazine rings is 1. The predicted molar refractivity (Wildman–Crippen MR) is 106 cm³/mol. The van der Waals surface area contributed by atoms with Crippen LogP contribution in [-0.2, 0) is 16.6 Å². The van der Waals surface area contributed by atoms with E-state index in [1.165, 1.54) is 10.4 Å². The molecule has 2 aromatic carbocycles. The highest BCUT2D eigenvalue weighted by atomic mass is 79.9. The van der Waals surface area contributed by atoms with Crippen molar-refractivity contribution in [2.24, 2.45) is 0 Å². The van der Waals surface area contributed by atoms with Gasteiger partial charge in [0.25, 0.3) is 0 Å². The molecule has 3 rings (SSSR count). The number of ether oxygens (including phenoxy) is 1. The standard InChI is InChI=1S/C19H20BrF3N2O3S/c1-14-3-2-4-15(11-14)13-24-7-9-25(10-8-24)29(26,27)18-6-5-16(20)12-17(18)28-19(21,22)23/h2-6,11-12H,7-10,13H2,1H3. The number of halogens is 4. The summed E-state index contributed by atoms with van der Waals surface area (Å²) in [6.45, 7) is 4.05. The third-order valence-corrected chi connectivity index (χ3v) is 7.00. The van der Waals surface area contributed by atoms with Gasteiger partial charge in [-0.2, -0.15) is 4.31 Å². The molecule has 0 radical (unpaired) electrons. The summed E-state index contributed by atoms with van der Waals surface area (Å²) < 4.78 is 69.5. The first-order chi connectivity index (χ1) is 13.5. The Balaban J connectivity index is 1.73. The largest absolute Gasteiger partial charge is 0.573 e. The number of hydrogen-bond acceptors (Lipinski definition) is 4. The summed E-state index contributed by atoms with van der Waals surface area (Å²) in [5.74, 6) is -0.742. The van der Waals surface area contributed by atoms with E-state index < -0.39 is 27.0 Å². The van der Waals surface area contributed by atoms with E-state index in [4.69, 9.17) is 0 Å². The minimum atomic E-state index is -4.99. The van der Waals surface area contributed by atoms with Crippen LogP contribution < -0.4 is 4.74 Å². The molecule has 158 valence electrons. The maximum absolute atomic E-state index is 13.0. The summed E-state index contributed by atoms with van der Waals surface area (Å²) in [4.78, 5) is 1.63. The molecule has 5 nitrogen and oxygen atoms in total. The zero-order chi connectivity index (χ0) is 21.2. The molecule has 0 aliphatic carbocycles. The van der Waals surface area contributed by atoms with Crippen molar-refractivity contribution in [1.29, 1.82) is 0 Å². The molecule has 10 heteroatoms. The van der Waals surface area contributed by atoms with E-state index in [-0.39, 0.29) is 13.1 Å². The third-order valence-electron chi connectivity index (χ3n) is 4.57. The van der Waals surface area contributed by atoms with Gasteiger partial charge in [-0.05, 0) is 30.7 Å². The van der Waals surface area contributed by atoms with Crippen LogP contribution in [-0.4, -0.2) is 50.2 Å². The van der Waals surface area contributed by atoms with Crippen molar-refractivity contribution in [3.63, 3.8) is 0 Å². The van der Waals surface area contributed by atoms with Gasteiger partial charge in [-0.3, -0.25) is 4.90 Å². The highest BCUT2D eigenvalue weighted by Crippen LogP contribution is 2.34. The Labute approximate surface area is 176 Å². The number of alkyl halides is 3. The van der Waals surface area contributed by atoms with Crippen molar-refractivity contribution in [2.75, 3.05) is 26.2 Å². The third kappa shape index (κ3) is 5.71. The molecular weight excluding hydrogens is 473 g/mol. The van der Waals surface area contributed by atoms with Crippen LogP contribution in [0, 0.1) is 6.92 Å². The van der Waals surface area contributed by atoms with Crippen molar-refractivity contribution >= 4 is 26.0 Å². The minimum Gasteiger partial charge on any atom is -0.404 e. The van der Waals surface area contributed by atoms with E-state index in [2.05, 4.69) is 31.6 Å². The van der Waals surface area contributed by atoms with Crippen LogP contribution >= 0.6 is 15.9 Å². The number of aryl methyl sites for hydroxylation is 1. The number of nitrogens with zero attached hydrogens (tertiary/aromatic N) is 2. The first-order valence-corrected chi connectivity index (χ1v) is 11.1. The van der Waals surface area contributed by atoms with Gasteiger partial charge in [-0.15, -0.1) is 13.2 Å². The van der Waals surface area contributed by atoms with E-state index in [0.29, 0.717) is 24.1 Å². The van der Waals surface area contributed by atoms with Gasteiger partial charge in [0.05, 0.1) is 0 Å².